The number of hydrogen-bond acceptors (Lipinski definition) is 13. The van der Waals surface area contributed by atoms with E-state index in [0.717, 1.165) is 68.5 Å². The molecule has 4 N–H and O–H groups in total. The van der Waals surface area contributed by atoms with E-state index >= 15 is 0 Å². The highest BCUT2D eigenvalue weighted by Crippen LogP contribution is 2.46. The minimum Gasteiger partial charge on any atom is -0.507 e. The van der Waals surface area contributed by atoms with Crippen LogP contribution in [0.1, 0.15) is 104 Å². The lowest BCUT2D eigenvalue weighted by molar-refractivity contribution is -0.136. The summed E-state index contributed by atoms with van der Waals surface area (Å²) in [7, 11) is 0. The van der Waals surface area contributed by atoms with E-state index in [1.165, 1.54) is 12.2 Å². The summed E-state index contributed by atoms with van der Waals surface area (Å²) in [5, 5.41) is 44.2. The number of hydrogen-bond donors (Lipinski definition) is 4. The summed E-state index contributed by atoms with van der Waals surface area (Å²) in [5.41, 5.74) is 7.10. The maximum absolute atomic E-state index is 13.8. The largest absolute Gasteiger partial charge is 0.507 e. The first-order valence-corrected chi connectivity index (χ1v) is 29.7. The minimum absolute atomic E-state index is 0.0401. The van der Waals surface area contributed by atoms with Crippen molar-refractivity contribution < 1.29 is 68.1 Å². The number of nitrogens with zero attached hydrogens (tertiary/aromatic N) is 5. The van der Waals surface area contributed by atoms with Crippen molar-refractivity contribution in [3.05, 3.63) is 179 Å². The van der Waals surface area contributed by atoms with Crippen molar-refractivity contribution in [2.24, 2.45) is 0 Å². The first kappa shape index (κ1) is 61.2. The molecule has 0 radical (unpaired) electrons. The van der Waals surface area contributed by atoms with Crippen molar-refractivity contribution in [2.75, 3.05) is 53.4 Å². The molecule has 2 fully saturated rings. The smallest absolute Gasteiger partial charge is 0.416 e. The number of benzene rings is 6. The summed E-state index contributed by atoms with van der Waals surface area (Å²) >= 11 is 6.38. The van der Waals surface area contributed by atoms with Crippen molar-refractivity contribution >= 4 is 75.3 Å². The number of ether oxygens (including phenoxy) is 4. The zero-order valence-corrected chi connectivity index (χ0v) is 49.3. The molecule has 2 saturated heterocycles. The van der Waals surface area contributed by atoms with E-state index in [1.54, 1.807) is 70.2 Å². The second-order valence-corrected chi connectivity index (χ2v) is 22.7. The third-order valence-electron chi connectivity index (χ3n) is 16.6. The summed E-state index contributed by atoms with van der Waals surface area (Å²) in [4.78, 5) is 85.7. The first-order valence-electron chi connectivity index (χ1n) is 29.1. The number of phenolic OH excluding ortho intramolecular Hbond substituents is 1. The number of aliphatic hydroxyl groups is 2. The fourth-order valence-corrected chi connectivity index (χ4v) is 12.7. The van der Waals surface area contributed by atoms with E-state index in [0.29, 0.717) is 83.4 Å². The van der Waals surface area contributed by atoms with Gasteiger partial charge >= 0.3 is 18.2 Å². The Kier molecular flexibility index (Phi) is 18.8. The van der Waals surface area contributed by atoms with Crippen LogP contribution in [0.3, 0.4) is 0 Å². The van der Waals surface area contributed by atoms with Crippen LogP contribution in [0.4, 0.5) is 26.7 Å². The monoisotopic (exact) mass is 1200 g/mol. The highest BCUT2D eigenvalue weighted by atomic mass is 35.5. The number of carboxylic acid groups (broad SMARTS) is 1. The number of phenols is 1. The molecule has 0 saturated carbocycles. The zero-order chi connectivity index (χ0) is 61.6. The van der Waals surface area contributed by atoms with Gasteiger partial charge in [0.15, 0.2) is 12.5 Å². The van der Waals surface area contributed by atoms with Crippen LogP contribution < -0.4 is 24.2 Å². The van der Waals surface area contributed by atoms with Gasteiger partial charge in [-0.1, -0.05) is 98.1 Å². The Morgan fingerprint density at radius 1 is 0.621 bits per heavy atom. The van der Waals surface area contributed by atoms with Crippen LogP contribution in [0, 0.1) is 13.8 Å². The first-order chi connectivity index (χ1) is 42.0. The van der Waals surface area contributed by atoms with Crippen LogP contribution in [0.5, 0.6) is 17.2 Å². The molecule has 454 valence electrons. The number of aliphatic hydroxyl groups excluding tert-OH is 2. The number of anilines is 3. The highest BCUT2D eigenvalue weighted by Gasteiger charge is 2.46. The molecule has 0 aliphatic carbocycles. The van der Waals surface area contributed by atoms with E-state index in [4.69, 9.17) is 35.7 Å². The quantitative estimate of drug-likeness (QED) is 0.0553. The summed E-state index contributed by atoms with van der Waals surface area (Å²) in [5.74, 6) is -0.249. The van der Waals surface area contributed by atoms with Gasteiger partial charge in [0.2, 0.25) is 5.91 Å². The molecule has 0 spiro atoms. The number of aliphatic carboxylic acids is 1. The lowest BCUT2D eigenvalue weighted by atomic mass is 9.95. The fourth-order valence-electron chi connectivity index (χ4n) is 12.4. The number of aromatic hydroxyl groups is 1. The van der Waals surface area contributed by atoms with Crippen LogP contribution in [-0.2, 0) is 45.1 Å². The van der Waals surface area contributed by atoms with Gasteiger partial charge in [-0.2, -0.15) is 0 Å². The van der Waals surface area contributed by atoms with Crippen LogP contribution in [0.2, 0.25) is 0 Å². The summed E-state index contributed by atoms with van der Waals surface area (Å²) in [6, 6.07) is 29.4. The van der Waals surface area contributed by atoms with Crippen molar-refractivity contribution in [3.63, 3.8) is 0 Å². The third-order valence-corrected chi connectivity index (χ3v) is 16.9. The lowest BCUT2D eigenvalue weighted by Gasteiger charge is -2.38. The molecule has 6 aromatic rings. The molecule has 87 heavy (non-hydrogen) atoms. The maximum atomic E-state index is 13.8. The van der Waals surface area contributed by atoms with Crippen LogP contribution in [0.15, 0.2) is 128 Å². The Morgan fingerprint density at radius 2 is 1.10 bits per heavy atom. The van der Waals surface area contributed by atoms with E-state index in [9.17, 15) is 44.1 Å². The maximum Gasteiger partial charge on any atom is 0.416 e. The van der Waals surface area contributed by atoms with Gasteiger partial charge in [0.1, 0.15) is 43.7 Å². The number of carboxylic acids is 1. The van der Waals surface area contributed by atoms with Crippen LogP contribution in [-0.4, -0.2) is 129 Å². The second-order valence-electron chi connectivity index (χ2n) is 22.4. The number of aryl methyl sites for hydroxylation is 2. The van der Waals surface area contributed by atoms with Crippen LogP contribution in [0.25, 0.3) is 10.8 Å². The molecular weight excluding hydrogens is 1130 g/mol. The molecule has 19 nitrogen and oxygen atoms in total. The van der Waals surface area contributed by atoms with Crippen LogP contribution >= 0.6 is 11.6 Å². The third kappa shape index (κ3) is 12.8. The molecule has 5 heterocycles. The molecule has 5 aliphatic heterocycles. The number of amides is 5. The molecule has 5 atom stereocenters. The van der Waals surface area contributed by atoms with E-state index < -0.39 is 42.7 Å². The highest BCUT2D eigenvalue weighted by molar-refractivity contribution is 6.19. The Morgan fingerprint density at radius 3 is 1.59 bits per heavy atom. The number of carbonyl (C=O) groups excluding carboxylic acids is 5. The van der Waals surface area contributed by atoms with Crippen molar-refractivity contribution in [2.45, 2.75) is 109 Å². The van der Waals surface area contributed by atoms with E-state index in [-0.39, 0.29) is 80.0 Å². The normalized spacial score (nSPS) is 19.4. The number of rotatable bonds is 15. The number of fused-ring (bicyclic) bond motifs is 7. The summed E-state index contributed by atoms with van der Waals surface area (Å²) in [6.45, 7) is 12.4. The van der Waals surface area contributed by atoms with Gasteiger partial charge in [-0.25, -0.2) is 19.4 Å². The number of piperidine rings is 2. The van der Waals surface area contributed by atoms with E-state index in [2.05, 4.69) is 13.2 Å². The second kappa shape index (κ2) is 26.8. The topological polar surface area (TPSA) is 236 Å². The van der Waals surface area contributed by atoms with Crippen molar-refractivity contribution in [3.8, 4) is 17.2 Å². The Hall–Kier alpha value is -8.91. The van der Waals surface area contributed by atoms with Gasteiger partial charge in [-0.05, 0) is 109 Å². The molecule has 5 aliphatic rings. The number of alkyl halides is 1. The molecule has 20 heteroatoms. The van der Waals surface area contributed by atoms with Gasteiger partial charge in [0.25, 0.3) is 11.8 Å². The fraction of sp³-hybridized carbons (Fsp3) is 0.343. The van der Waals surface area contributed by atoms with Crippen molar-refractivity contribution in [1.29, 1.82) is 0 Å². The lowest BCUT2D eigenvalue weighted by Crippen LogP contribution is -2.55. The molecule has 5 amide bonds. The number of halogens is 1. The van der Waals surface area contributed by atoms with Gasteiger partial charge in [-0.15, -0.1) is 11.6 Å². The Bertz CT molecular complexity index is 3670. The average Bonchev–Trinajstić information content (AvgIpc) is 1.73. The molecular formula is C67H70ClN5O14. The average molecular weight is 1200 g/mol. The van der Waals surface area contributed by atoms with Gasteiger partial charge in [0.05, 0.1) is 53.1 Å². The summed E-state index contributed by atoms with van der Waals surface area (Å²) < 4.78 is 22.9. The molecule has 11 rings (SSSR count). The molecule has 6 aromatic carbocycles. The standard InChI is InChI=1S/C40H40ClN3O7.C27H30N2O7/c1-3-15-50-40(49)44-32-20-35(24(2)16-30(32)38(47)42-14-7-6-13-31(42)39(44)48)51-23-26-10-8-9-25(17-26)18-36(46)43-22-27(21-41)37-29-12-5-4-11-28(29)34(45)19-33(37)43;1-3-11-35-27(34)29-22-15-23(36-16-19-8-6-7-18(13-19)14-24(30)31)17(2)12-20(22)25(32)28-10-5-4-9-21(28)26(29)33/h3-5,8-12,16-17,19-20,27,31,39,45,48H,1,6-7,13-15,18,21-23H2,2H3;3,6-8,12-13,15,21,26,33H,1,4-5,9-11,14,16H2,2H3,(H,30,31)/t27-,31+,39?;21-,26?/m10/s1. The Labute approximate surface area is 509 Å². The zero-order valence-electron chi connectivity index (χ0n) is 48.6. The predicted octanol–water partition coefficient (Wildman–Crippen LogP) is 10.5. The van der Waals surface area contributed by atoms with Gasteiger partial charge in [-0.3, -0.25) is 19.2 Å². The molecule has 0 bridgehead atoms. The summed E-state index contributed by atoms with van der Waals surface area (Å²) in [6.07, 6.45) is 3.21. The van der Waals surface area contributed by atoms with Gasteiger partial charge in [0, 0.05) is 55.0 Å². The SMILES string of the molecule is C=CCOC(=O)N1c2cc(OCc3cccc(CC(=O)N4C[C@@H](CCl)c5c4cc(O)c4ccccc54)c3)c(C)cc2C(=O)N2CCCC[C@H]2C1O.C=CCOC(=O)N1c2cc(OCc3cccc(CC(=O)O)c3)c(C)cc2C(=O)N2CCCC[C@H]2C1O. The minimum atomic E-state index is -1.30. The van der Waals surface area contributed by atoms with Crippen molar-refractivity contribution in [1.82, 2.24) is 9.80 Å². The molecule has 0 aromatic heterocycles. The number of carbonyl (C=O) groups is 6. The predicted molar refractivity (Wildman–Crippen MR) is 328 cm³/mol. The Balaban J connectivity index is 0.000000205. The van der Waals surface area contributed by atoms with E-state index in [1.807, 2.05) is 61.5 Å². The van der Waals surface area contributed by atoms with Gasteiger partial charge < -0.3 is 54.1 Å². The molecule has 2 unspecified atom stereocenters.